The van der Waals surface area contributed by atoms with Crippen LogP contribution in [0.15, 0.2) is 30.3 Å². The minimum Gasteiger partial charge on any atom is -0.469 e. The molecule has 0 radical (unpaired) electrons. The summed E-state index contributed by atoms with van der Waals surface area (Å²) in [5.41, 5.74) is 2.53. The highest BCUT2D eigenvalue weighted by molar-refractivity contribution is 5.96. The van der Waals surface area contributed by atoms with Crippen molar-refractivity contribution >= 4 is 11.9 Å². The Balaban J connectivity index is 1.83. The van der Waals surface area contributed by atoms with Gasteiger partial charge in [0.15, 0.2) is 0 Å². The van der Waals surface area contributed by atoms with Crippen LogP contribution in [0.1, 0.15) is 34.6 Å². The van der Waals surface area contributed by atoms with Crippen LogP contribution in [0.3, 0.4) is 0 Å². The normalized spacial score (nSPS) is 15.2. The van der Waals surface area contributed by atoms with Crippen LogP contribution in [-0.4, -0.2) is 41.5 Å². The zero-order chi connectivity index (χ0) is 18.8. The van der Waals surface area contributed by atoms with E-state index >= 15 is 0 Å². The first-order valence-corrected chi connectivity index (χ1v) is 8.75. The van der Waals surface area contributed by atoms with Gasteiger partial charge in [-0.2, -0.15) is 0 Å². The highest BCUT2D eigenvalue weighted by Gasteiger charge is 2.30. The number of para-hydroxylation sites is 1. The minimum atomic E-state index is -0.327. The SMILES string of the molecule is COC(=O)C1CCN(C(=O)c2cc(C)n(-c3ccccc3F)c2C)CC1. The van der Waals surface area contributed by atoms with Crippen molar-refractivity contribution < 1.29 is 18.7 Å². The molecular formula is C20H23FN2O3. The number of esters is 1. The smallest absolute Gasteiger partial charge is 0.308 e. The number of aryl methyl sites for hydroxylation is 1. The molecule has 6 heteroatoms. The molecule has 1 aromatic carbocycles. The lowest BCUT2D eigenvalue weighted by Gasteiger charge is -2.30. The van der Waals surface area contributed by atoms with Crippen LogP contribution in [0, 0.1) is 25.6 Å². The van der Waals surface area contributed by atoms with E-state index in [9.17, 15) is 14.0 Å². The van der Waals surface area contributed by atoms with E-state index in [1.807, 2.05) is 13.8 Å². The van der Waals surface area contributed by atoms with E-state index in [1.54, 1.807) is 33.7 Å². The molecule has 5 nitrogen and oxygen atoms in total. The summed E-state index contributed by atoms with van der Waals surface area (Å²) in [5, 5.41) is 0. The quantitative estimate of drug-likeness (QED) is 0.792. The van der Waals surface area contributed by atoms with Crippen molar-refractivity contribution in [3.8, 4) is 5.69 Å². The third-order valence-electron chi connectivity index (χ3n) is 5.07. The Morgan fingerprint density at radius 2 is 1.81 bits per heavy atom. The molecule has 0 atom stereocenters. The van der Waals surface area contributed by atoms with E-state index in [1.165, 1.54) is 13.2 Å². The standard InChI is InChI=1S/C20H23FN2O3/c1-13-12-16(14(2)23(13)18-7-5-4-6-17(18)21)19(24)22-10-8-15(9-11-22)20(25)26-3/h4-7,12,15H,8-11H2,1-3H3. The van der Waals surface area contributed by atoms with Gasteiger partial charge in [0.1, 0.15) is 5.82 Å². The highest BCUT2D eigenvalue weighted by Crippen LogP contribution is 2.26. The van der Waals surface area contributed by atoms with Crippen LogP contribution in [0.4, 0.5) is 4.39 Å². The Morgan fingerprint density at radius 3 is 2.42 bits per heavy atom. The number of methoxy groups -OCH3 is 1. The number of aromatic nitrogens is 1. The maximum absolute atomic E-state index is 14.2. The number of hydrogen-bond acceptors (Lipinski definition) is 3. The lowest BCUT2D eigenvalue weighted by Crippen LogP contribution is -2.40. The van der Waals surface area contributed by atoms with Crippen LogP contribution < -0.4 is 0 Å². The average molecular weight is 358 g/mol. The number of ether oxygens (including phenoxy) is 1. The van der Waals surface area contributed by atoms with Gasteiger partial charge in [-0.15, -0.1) is 0 Å². The number of benzene rings is 1. The lowest BCUT2D eigenvalue weighted by molar-refractivity contribution is -0.146. The number of carbonyl (C=O) groups is 2. The Kier molecular flexibility index (Phi) is 5.11. The van der Waals surface area contributed by atoms with Gasteiger partial charge in [-0.05, 0) is 44.9 Å². The second-order valence-corrected chi connectivity index (χ2v) is 6.66. The second-order valence-electron chi connectivity index (χ2n) is 6.66. The van der Waals surface area contributed by atoms with Gasteiger partial charge >= 0.3 is 5.97 Å². The summed E-state index contributed by atoms with van der Waals surface area (Å²) in [5.74, 6) is -0.763. The van der Waals surface area contributed by atoms with Gasteiger partial charge in [-0.1, -0.05) is 12.1 Å². The summed E-state index contributed by atoms with van der Waals surface area (Å²) < 4.78 is 20.7. The Labute approximate surface area is 152 Å². The first kappa shape index (κ1) is 18.2. The zero-order valence-electron chi connectivity index (χ0n) is 15.3. The molecule has 0 spiro atoms. The van der Waals surface area contributed by atoms with E-state index in [4.69, 9.17) is 4.74 Å². The van der Waals surface area contributed by atoms with Crippen LogP contribution in [-0.2, 0) is 9.53 Å². The van der Waals surface area contributed by atoms with Gasteiger partial charge in [0.05, 0.1) is 24.3 Å². The van der Waals surface area contributed by atoms with Crippen molar-refractivity contribution in [2.45, 2.75) is 26.7 Å². The van der Waals surface area contributed by atoms with E-state index in [2.05, 4.69) is 0 Å². The first-order chi connectivity index (χ1) is 12.4. The molecule has 1 fully saturated rings. The fraction of sp³-hybridized carbons (Fsp3) is 0.400. The van der Waals surface area contributed by atoms with Crippen molar-refractivity contribution in [1.82, 2.24) is 9.47 Å². The molecule has 1 aliphatic rings. The number of amides is 1. The molecule has 1 saturated heterocycles. The number of rotatable bonds is 3. The molecule has 0 aliphatic carbocycles. The molecule has 0 bridgehead atoms. The van der Waals surface area contributed by atoms with Gasteiger partial charge in [0.25, 0.3) is 5.91 Å². The van der Waals surface area contributed by atoms with Gasteiger partial charge < -0.3 is 14.2 Å². The van der Waals surface area contributed by atoms with Crippen molar-refractivity contribution in [1.29, 1.82) is 0 Å². The second kappa shape index (κ2) is 7.32. The van der Waals surface area contributed by atoms with Gasteiger partial charge in [0.2, 0.25) is 0 Å². The summed E-state index contributed by atoms with van der Waals surface area (Å²) in [6.07, 6.45) is 1.20. The first-order valence-electron chi connectivity index (χ1n) is 8.75. The van der Waals surface area contributed by atoms with E-state index in [0.717, 1.165) is 5.69 Å². The fourth-order valence-electron chi connectivity index (χ4n) is 3.64. The predicted octanol–water partition coefficient (Wildman–Crippen LogP) is 3.26. The van der Waals surface area contributed by atoms with Crippen LogP contribution in [0.5, 0.6) is 0 Å². The molecule has 2 heterocycles. The molecule has 0 N–H and O–H groups in total. The van der Waals surface area contributed by atoms with E-state index in [0.29, 0.717) is 42.9 Å². The van der Waals surface area contributed by atoms with Gasteiger partial charge in [-0.25, -0.2) is 4.39 Å². The summed E-state index contributed by atoms with van der Waals surface area (Å²) in [6.45, 7) is 4.72. The number of halogens is 1. The van der Waals surface area contributed by atoms with Crippen molar-refractivity contribution in [3.05, 3.63) is 53.1 Å². The third kappa shape index (κ3) is 3.23. The molecule has 1 amide bonds. The Hall–Kier alpha value is -2.63. The number of piperidine rings is 1. The topological polar surface area (TPSA) is 51.5 Å². The van der Waals surface area contributed by atoms with Gasteiger partial charge in [0, 0.05) is 24.5 Å². The molecule has 0 saturated carbocycles. The predicted molar refractivity (Wildman–Crippen MR) is 95.8 cm³/mol. The summed E-state index contributed by atoms with van der Waals surface area (Å²) in [6, 6.07) is 8.33. The Bertz CT molecular complexity index is 836. The maximum Gasteiger partial charge on any atom is 0.308 e. The number of hydrogen-bond donors (Lipinski definition) is 0. The van der Waals surface area contributed by atoms with Crippen molar-refractivity contribution in [2.24, 2.45) is 5.92 Å². The van der Waals surface area contributed by atoms with Crippen molar-refractivity contribution in [2.75, 3.05) is 20.2 Å². The van der Waals surface area contributed by atoms with Crippen molar-refractivity contribution in [3.63, 3.8) is 0 Å². The Morgan fingerprint density at radius 1 is 1.15 bits per heavy atom. The molecule has 3 rings (SSSR count). The monoisotopic (exact) mass is 358 g/mol. The number of nitrogens with zero attached hydrogens (tertiary/aromatic N) is 2. The zero-order valence-corrected chi connectivity index (χ0v) is 15.3. The fourth-order valence-corrected chi connectivity index (χ4v) is 3.64. The maximum atomic E-state index is 14.2. The summed E-state index contributed by atoms with van der Waals surface area (Å²) >= 11 is 0. The molecule has 2 aromatic rings. The van der Waals surface area contributed by atoms with Crippen LogP contribution >= 0.6 is 0 Å². The van der Waals surface area contributed by atoms with E-state index in [-0.39, 0.29) is 23.6 Å². The largest absolute Gasteiger partial charge is 0.469 e. The molecule has 0 unspecified atom stereocenters. The molecular weight excluding hydrogens is 335 g/mol. The van der Waals surface area contributed by atoms with E-state index < -0.39 is 0 Å². The molecule has 138 valence electrons. The molecule has 26 heavy (non-hydrogen) atoms. The van der Waals surface area contributed by atoms with Gasteiger partial charge in [-0.3, -0.25) is 9.59 Å². The summed E-state index contributed by atoms with van der Waals surface area (Å²) in [7, 11) is 1.39. The summed E-state index contributed by atoms with van der Waals surface area (Å²) in [4.78, 5) is 26.3. The number of likely N-dealkylation sites (tertiary alicyclic amines) is 1. The molecule has 1 aliphatic heterocycles. The lowest BCUT2D eigenvalue weighted by atomic mass is 9.96. The molecule has 1 aromatic heterocycles. The minimum absolute atomic E-state index is 0.0796. The average Bonchev–Trinajstić information content (AvgIpc) is 2.95. The number of carbonyl (C=O) groups excluding carboxylic acids is 2. The van der Waals surface area contributed by atoms with Crippen LogP contribution in [0.2, 0.25) is 0 Å². The third-order valence-corrected chi connectivity index (χ3v) is 5.07. The van der Waals surface area contributed by atoms with Crippen LogP contribution in [0.25, 0.3) is 5.69 Å². The highest BCUT2D eigenvalue weighted by atomic mass is 19.1.